The number of nitrogens with one attached hydrogen (secondary N) is 1. The van der Waals surface area contributed by atoms with Gasteiger partial charge in [-0.25, -0.2) is 18.5 Å². The van der Waals surface area contributed by atoms with Crippen molar-refractivity contribution in [3.05, 3.63) is 48.0 Å². The van der Waals surface area contributed by atoms with Gasteiger partial charge in [-0.3, -0.25) is 0 Å². The normalized spacial score (nSPS) is 12.4. The van der Waals surface area contributed by atoms with Gasteiger partial charge in [0.05, 0.1) is 16.6 Å². The number of pyridine rings is 1. The van der Waals surface area contributed by atoms with E-state index in [1.54, 1.807) is 30.3 Å². The number of rotatable bonds is 3. The SMILES string of the molecule is Nc1ccc2cccc(-c3ccc(C(F)(F)F)c(S(N)(=O)=O)c3-c3nn[nH]n3)c2n1. The quantitative estimate of drug-likeness (QED) is 0.446. The van der Waals surface area contributed by atoms with E-state index in [2.05, 4.69) is 25.6 Å². The molecule has 0 saturated heterocycles. The third-order valence-corrected chi connectivity index (χ3v) is 5.34. The minimum absolute atomic E-state index is 0.0668. The summed E-state index contributed by atoms with van der Waals surface area (Å²) in [5.41, 5.74) is 4.61. The van der Waals surface area contributed by atoms with Crippen LogP contribution in [0.1, 0.15) is 5.56 Å². The molecule has 0 saturated carbocycles. The van der Waals surface area contributed by atoms with E-state index < -0.39 is 32.2 Å². The van der Waals surface area contributed by atoms with Crippen molar-refractivity contribution in [2.45, 2.75) is 11.1 Å². The maximum atomic E-state index is 13.6. The first kappa shape index (κ1) is 19.7. The van der Waals surface area contributed by atoms with E-state index in [-0.39, 0.29) is 17.2 Å². The van der Waals surface area contributed by atoms with Crippen LogP contribution >= 0.6 is 0 Å². The number of para-hydroxylation sites is 1. The van der Waals surface area contributed by atoms with E-state index in [0.717, 1.165) is 6.07 Å². The Bertz CT molecular complexity index is 1370. The number of benzene rings is 2. The molecule has 0 unspecified atom stereocenters. The second kappa shape index (κ2) is 6.74. The summed E-state index contributed by atoms with van der Waals surface area (Å²) < 4.78 is 65.4. The van der Waals surface area contributed by atoms with Gasteiger partial charge in [-0.2, -0.15) is 18.4 Å². The van der Waals surface area contributed by atoms with Crippen molar-refractivity contribution in [2.75, 3.05) is 5.73 Å². The van der Waals surface area contributed by atoms with E-state index in [4.69, 9.17) is 10.9 Å². The smallest absolute Gasteiger partial charge is 0.384 e. The highest BCUT2D eigenvalue weighted by Gasteiger charge is 2.40. The fourth-order valence-electron chi connectivity index (χ4n) is 3.20. The van der Waals surface area contributed by atoms with Gasteiger partial charge in [-0.1, -0.05) is 24.3 Å². The summed E-state index contributed by atoms with van der Waals surface area (Å²) in [6.45, 7) is 0. The first-order valence-corrected chi connectivity index (χ1v) is 9.78. The molecule has 2 heterocycles. The second-order valence-electron chi connectivity index (χ2n) is 6.26. The molecule has 30 heavy (non-hydrogen) atoms. The minimum Gasteiger partial charge on any atom is -0.384 e. The predicted octanol–water partition coefficient (Wildman–Crippen LogP) is 2.33. The molecule has 5 N–H and O–H groups in total. The van der Waals surface area contributed by atoms with E-state index in [9.17, 15) is 21.6 Å². The van der Waals surface area contributed by atoms with Gasteiger partial charge in [-0.15, -0.1) is 10.2 Å². The monoisotopic (exact) mass is 435 g/mol. The number of sulfonamides is 1. The number of primary sulfonamides is 1. The van der Waals surface area contributed by atoms with Gasteiger partial charge >= 0.3 is 6.18 Å². The number of H-pyrrole nitrogens is 1. The number of halogens is 3. The molecular formula is C17H12F3N7O2S. The van der Waals surface area contributed by atoms with E-state index in [1.165, 1.54) is 0 Å². The largest absolute Gasteiger partial charge is 0.417 e. The van der Waals surface area contributed by atoms with Crippen molar-refractivity contribution in [3.63, 3.8) is 0 Å². The Labute approximate surface area is 167 Å². The number of hydrogen-bond acceptors (Lipinski definition) is 7. The molecule has 9 nitrogen and oxygen atoms in total. The second-order valence-corrected chi connectivity index (χ2v) is 7.75. The molecular weight excluding hydrogens is 423 g/mol. The summed E-state index contributed by atoms with van der Waals surface area (Å²) in [6.07, 6.45) is -5.00. The zero-order chi connectivity index (χ0) is 21.7. The molecule has 4 rings (SSSR count). The first-order valence-electron chi connectivity index (χ1n) is 8.24. The van der Waals surface area contributed by atoms with Gasteiger partial charge < -0.3 is 5.73 Å². The zero-order valence-electron chi connectivity index (χ0n) is 14.8. The number of nitrogens with two attached hydrogens (primary N) is 2. The maximum absolute atomic E-state index is 13.6. The number of aromatic nitrogens is 5. The van der Waals surface area contributed by atoms with Crippen LogP contribution in [0.4, 0.5) is 19.0 Å². The van der Waals surface area contributed by atoms with E-state index in [1.807, 2.05) is 0 Å². The lowest BCUT2D eigenvalue weighted by molar-refractivity contribution is -0.139. The molecule has 0 fully saturated rings. The van der Waals surface area contributed by atoms with Crippen LogP contribution in [0.2, 0.25) is 0 Å². The Morgan fingerprint density at radius 3 is 2.40 bits per heavy atom. The van der Waals surface area contributed by atoms with Crippen LogP contribution in [0, 0.1) is 0 Å². The van der Waals surface area contributed by atoms with Gasteiger partial charge in [0.25, 0.3) is 0 Å². The number of anilines is 1. The van der Waals surface area contributed by atoms with Crippen molar-refractivity contribution < 1.29 is 21.6 Å². The topological polar surface area (TPSA) is 154 Å². The Hall–Kier alpha value is -3.58. The number of nitrogens with zero attached hydrogens (tertiary/aromatic N) is 4. The predicted molar refractivity (Wildman–Crippen MR) is 101 cm³/mol. The Morgan fingerprint density at radius 2 is 1.77 bits per heavy atom. The van der Waals surface area contributed by atoms with Crippen molar-refractivity contribution in [1.29, 1.82) is 0 Å². The molecule has 13 heteroatoms. The molecule has 0 aliphatic carbocycles. The number of nitrogen functional groups attached to an aromatic ring is 1. The van der Waals surface area contributed by atoms with Crippen LogP contribution in [0.3, 0.4) is 0 Å². The Morgan fingerprint density at radius 1 is 1.00 bits per heavy atom. The molecule has 4 aromatic rings. The van der Waals surface area contributed by atoms with Crippen LogP contribution in [0.25, 0.3) is 33.4 Å². The van der Waals surface area contributed by atoms with Crippen molar-refractivity contribution in [3.8, 4) is 22.5 Å². The molecule has 0 aliphatic heterocycles. The van der Waals surface area contributed by atoms with Crippen LogP contribution in [0.5, 0.6) is 0 Å². The van der Waals surface area contributed by atoms with Crippen LogP contribution in [-0.4, -0.2) is 34.0 Å². The summed E-state index contributed by atoms with van der Waals surface area (Å²) in [4.78, 5) is 3.09. The molecule has 0 aliphatic rings. The molecule has 0 radical (unpaired) electrons. The highest BCUT2D eigenvalue weighted by atomic mass is 32.2. The summed E-state index contributed by atoms with van der Waals surface area (Å²) in [5.74, 6) is -0.198. The number of tetrazole rings is 1. The van der Waals surface area contributed by atoms with E-state index >= 15 is 0 Å². The summed E-state index contributed by atoms with van der Waals surface area (Å²) in [5, 5.41) is 18.7. The van der Waals surface area contributed by atoms with Crippen LogP contribution in [0.15, 0.2) is 47.4 Å². The number of fused-ring (bicyclic) bond motifs is 1. The van der Waals surface area contributed by atoms with Crippen LogP contribution < -0.4 is 10.9 Å². The van der Waals surface area contributed by atoms with Crippen molar-refractivity contribution in [2.24, 2.45) is 5.14 Å². The maximum Gasteiger partial charge on any atom is 0.417 e. The lowest BCUT2D eigenvalue weighted by Crippen LogP contribution is -2.21. The van der Waals surface area contributed by atoms with Gasteiger partial charge in [0.15, 0.2) is 0 Å². The number of aromatic amines is 1. The zero-order valence-corrected chi connectivity index (χ0v) is 15.7. The average molecular weight is 435 g/mol. The van der Waals surface area contributed by atoms with Gasteiger partial charge in [0, 0.05) is 10.9 Å². The lowest BCUT2D eigenvalue weighted by Gasteiger charge is -2.18. The summed E-state index contributed by atoms with van der Waals surface area (Å²) in [7, 11) is -4.85. The molecule has 2 aromatic carbocycles. The molecule has 0 amide bonds. The molecule has 0 bridgehead atoms. The average Bonchev–Trinajstić information content (AvgIpc) is 3.19. The number of hydrogen-bond donors (Lipinski definition) is 3. The third kappa shape index (κ3) is 3.33. The van der Waals surface area contributed by atoms with Crippen LogP contribution in [-0.2, 0) is 16.2 Å². The molecule has 2 aromatic heterocycles. The lowest BCUT2D eigenvalue weighted by atomic mass is 9.94. The summed E-state index contributed by atoms with van der Waals surface area (Å²) in [6, 6.07) is 9.93. The fourth-order valence-corrected chi connectivity index (χ4v) is 4.17. The van der Waals surface area contributed by atoms with Crippen molar-refractivity contribution in [1.82, 2.24) is 25.6 Å². The Balaban J connectivity index is 2.20. The highest BCUT2D eigenvalue weighted by molar-refractivity contribution is 7.89. The van der Waals surface area contributed by atoms with Gasteiger partial charge in [0.1, 0.15) is 10.7 Å². The van der Waals surface area contributed by atoms with Gasteiger partial charge in [-0.05, 0) is 29.0 Å². The standard InChI is InChI=1S/C17H12F3N7O2S/c18-17(19,20)11-6-5-9(10-3-1-2-8-4-7-12(21)23-14(8)10)13(15(11)30(22,28)29)16-24-26-27-25-16/h1-7H,(H2,21,23)(H2,22,28,29)(H,24,25,26,27). The molecule has 154 valence electrons. The molecule has 0 spiro atoms. The number of alkyl halides is 3. The molecule has 0 atom stereocenters. The minimum atomic E-state index is -5.00. The van der Waals surface area contributed by atoms with Gasteiger partial charge in [0.2, 0.25) is 15.8 Å². The fraction of sp³-hybridized carbons (Fsp3) is 0.0588. The third-order valence-electron chi connectivity index (χ3n) is 4.35. The van der Waals surface area contributed by atoms with Crippen molar-refractivity contribution >= 4 is 26.7 Å². The summed E-state index contributed by atoms with van der Waals surface area (Å²) >= 11 is 0. The van der Waals surface area contributed by atoms with E-state index in [0.29, 0.717) is 22.5 Å². The Kier molecular flexibility index (Phi) is 4.43. The highest BCUT2D eigenvalue weighted by Crippen LogP contribution is 2.44. The first-order chi connectivity index (χ1) is 14.1.